The van der Waals surface area contributed by atoms with Crippen molar-refractivity contribution in [2.75, 3.05) is 0 Å². The lowest BCUT2D eigenvalue weighted by molar-refractivity contribution is 0.534. The van der Waals surface area contributed by atoms with Gasteiger partial charge in [0.25, 0.3) is 0 Å². The predicted molar refractivity (Wildman–Crippen MR) is 64.4 cm³/mol. The lowest BCUT2D eigenvalue weighted by Gasteiger charge is -2.10. The molecule has 1 rings (SSSR count). The Morgan fingerprint density at radius 3 is 2.21 bits per heavy atom. The molecule has 0 bridgehead atoms. The molecule has 0 aromatic heterocycles. The molecule has 1 atom stereocenters. The van der Waals surface area contributed by atoms with Crippen molar-refractivity contribution in [1.29, 1.82) is 0 Å². The SMILES string of the molecule is CC.CCC(C)NCc1ccccc1. The lowest BCUT2D eigenvalue weighted by atomic mass is 10.2. The highest BCUT2D eigenvalue weighted by molar-refractivity contribution is 5.14. The minimum absolute atomic E-state index is 0.616. The molecule has 0 heterocycles. The van der Waals surface area contributed by atoms with E-state index in [9.17, 15) is 0 Å². The van der Waals surface area contributed by atoms with Crippen LogP contribution in [0.5, 0.6) is 0 Å². The Labute approximate surface area is 88.5 Å². The summed E-state index contributed by atoms with van der Waals surface area (Å²) in [7, 11) is 0. The standard InChI is InChI=1S/C11H17N.C2H6/c1-3-10(2)12-9-11-7-5-4-6-8-11;1-2/h4-8,10,12H,3,9H2,1-2H3;1-2H3. The van der Waals surface area contributed by atoms with Crippen LogP contribution in [0.4, 0.5) is 0 Å². The van der Waals surface area contributed by atoms with Crippen LogP contribution in [-0.4, -0.2) is 6.04 Å². The maximum Gasteiger partial charge on any atom is 0.0207 e. The van der Waals surface area contributed by atoms with Gasteiger partial charge in [-0.2, -0.15) is 0 Å². The molecule has 1 nitrogen and oxygen atoms in total. The summed E-state index contributed by atoms with van der Waals surface area (Å²) in [4.78, 5) is 0. The molecule has 0 amide bonds. The second kappa shape index (κ2) is 8.76. The van der Waals surface area contributed by atoms with Gasteiger partial charge < -0.3 is 5.32 Å². The number of hydrogen-bond donors (Lipinski definition) is 1. The molecule has 14 heavy (non-hydrogen) atoms. The summed E-state index contributed by atoms with van der Waals surface area (Å²) in [5.41, 5.74) is 1.36. The number of rotatable bonds is 4. The maximum atomic E-state index is 3.45. The van der Waals surface area contributed by atoms with Gasteiger partial charge in [-0.05, 0) is 18.9 Å². The summed E-state index contributed by atoms with van der Waals surface area (Å²) >= 11 is 0. The Bertz CT molecular complexity index is 206. The van der Waals surface area contributed by atoms with E-state index in [-0.39, 0.29) is 0 Å². The van der Waals surface area contributed by atoms with E-state index < -0.39 is 0 Å². The maximum absolute atomic E-state index is 3.45. The van der Waals surface area contributed by atoms with Crippen LogP contribution in [0.15, 0.2) is 30.3 Å². The Hall–Kier alpha value is -0.820. The van der Waals surface area contributed by atoms with Crippen LogP contribution >= 0.6 is 0 Å². The fraction of sp³-hybridized carbons (Fsp3) is 0.538. The van der Waals surface area contributed by atoms with Gasteiger partial charge in [0.1, 0.15) is 0 Å². The van der Waals surface area contributed by atoms with E-state index in [0.29, 0.717) is 6.04 Å². The third-order valence-electron chi connectivity index (χ3n) is 2.11. The third-order valence-corrected chi connectivity index (χ3v) is 2.11. The highest BCUT2D eigenvalue weighted by Gasteiger charge is 1.96. The normalized spacial score (nSPS) is 11.4. The van der Waals surface area contributed by atoms with E-state index in [0.717, 1.165) is 6.54 Å². The minimum Gasteiger partial charge on any atom is -0.310 e. The van der Waals surface area contributed by atoms with E-state index in [1.165, 1.54) is 12.0 Å². The van der Waals surface area contributed by atoms with Crippen molar-refractivity contribution in [2.45, 2.75) is 46.7 Å². The first-order chi connectivity index (χ1) is 6.83. The smallest absolute Gasteiger partial charge is 0.0207 e. The van der Waals surface area contributed by atoms with Gasteiger partial charge in [-0.3, -0.25) is 0 Å². The van der Waals surface area contributed by atoms with E-state index >= 15 is 0 Å². The molecular weight excluding hydrogens is 170 g/mol. The third kappa shape index (κ3) is 5.76. The van der Waals surface area contributed by atoms with E-state index in [1.54, 1.807) is 0 Å². The Balaban J connectivity index is 0.000000791. The molecule has 0 aliphatic carbocycles. The summed E-state index contributed by atoms with van der Waals surface area (Å²) in [6, 6.07) is 11.1. The summed E-state index contributed by atoms with van der Waals surface area (Å²) in [5.74, 6) is 0. The Morgan fingerprint density at radius 2 is 1.71 bits per heavy atom. The predicted octanol–water partition coefficient (Wildman–Crippen LogP) is 3.60. The van der Waals surface area contributed by atoms with E-state index in [2.05, 4.69) is 43.4 Å². The molecule has 0 aliphatic rings. The summed E-state index contributed by atoms with van der Waals surface area (Å²) in [6.45, 7) is 9.39. The first kappa shape index (κ1) is 13.2. The molecule has 1 heteroatoms. The van der Waals surface area contributed by atoms with E-state index in [4.69, 9.17) is 0 Å². The highest BCUT2D eigenvalue weighted by Crippen LogP contribution is 1.98. The van der Waals surface area contributed by atoms with Gasteiger partial charge in [-0.1, -0.05) is 51.1 Å². The molecule has 0 radical (unpaired) electrons. The summed E-state index contributed by atoms with van der Waals surface area (Å²) in [6.07, 6.45) is 1.19. The van der Waals surface area contributed by atoms with Crippen LogP contribution in [0.25, 0.3) is 0 Å². The van der Waals surface area contributed by atoms with Gasteiger partial charge in [0.15, 0.2) is 0 Å². The minimum atomic E-state index is 0.616. The zero-order valence-electron chi connectivity index (χ0n) is 9.88. The van der Waals surface area contributed by atoms with Crippen LogP contribution in [0.2, 0.25) is 0 Å². The molecule has 1 unspecified atom stereocenters. The first-order valence-electron chi connectivity index (χ1n) is 5.60. The van der Waals surface area contributed by atoms with Crippen molar-refractivity contribution < 1.29 is 0 Å². The van der Waals surface area contributed by atoms with Crippen molar-refractivity contribution in [3.8, 4) is 0 Å². The molecule has 0 spiro atoms. The second-order valence-corrected chi connectivity index (χ2v) is 3.18. The summed E-state index contributed by atoms with van der Waals surface area (Å²) in [5, 5.41) is 3.45. The van der Waals surface area contributed by atoms with Gasteiger partial charge in [0.05, 0.1) is 0 Å². The molecule has 80 valence electrons. The van der Waals surface area contributed by atoms with Crippen molar-refractivity contribution in [3.05, 3.63) is 35.9 Å². The van der Waals surface area contributed by atoms with Gasteiger partial charge in [0, 0.05) is 12.6 Å². The average molecular weight is 193 g/mol. The molecule has 1 aromatic rings. The molecular formula is C13H23N. The average Bonchev–Trinajstić information content (AvgIpc) is 2.30. The van der Waals surface area contributed by atoms with Crippen LogP contribution in [-0.2, 0) is 6.54 Å². The molecule has 0 aliphatic heterocycles. The zero-order chi connectivity index (χ0) is 10.8. The second-order valence-electron chi connectivity index (χ2n) is 3.18. The van der Waals surface area contributed by atoms with Crippen molar-refractivity contribution >= 4 is 0 Å². The summed E-state index contributed by atoms with van der Waals surface area (Å²) < 4.78 is 0. The Kier molecular flexibility index (Phi) is 8.25. The first-order valence-corrected chi connectivity index (χ1v) is 5.60. The molecule has 1 N–H and O–H groups in total. The monoisotopic (exact) mass is 193 g/mol. The molecule has 0 saturated heterocycles. The lowest BCUT2D eigenvalue weighted by Crippen LogP contribution is -2.24. The Morgan fingerprint density at radius 1 is 1.14 bits per heavy atom. The highest BCUT2D eigenvalue weighted by atomic mass is 14.9. The quantitative estimate of drug-likeness (QED) is 0.770. The van der Waals surface area contributed by atoms with Crippen LogP contribution in [0.1, 0.15) is 39.7 Å². The van der Waals surface area contributed by atoms with Gasteiger partial charge in [0.2, 0.25) is 0 Å². The van der Waals surface area contributed by atoms with Crippen LogP contribution < -0.4 is 5.32 Å². The van der Waals surface area contributed by atoms with Gasteiger partial charge in [-0.25, -0.2) is 0 Å². The number of hydrogen-bond acceptors (Lipinski definition) is 1. The largest absolute Gasteiger partial charge is 0.310 e. The number of benzene rings is 1. The molecule has 0 saturated carbocycles. The fourth-order valence-corrected chi connectivity index (χ4v) is 1.03. The van der Waals surface area contributed by atoms with Gasteiger partial charge in [-0.15, -0.1) is 0 Å². The van der Waals surface area contributed by atoms with E-state index in [1.807, 2.05) is 19.9 Å². The number of nitrogens with one attached hydrogen (secondary N) is 1. The molecule has 0 fully saturated rings. The van der Waals surface area contributed by atoms with Gasteiger partial charge >= 0.3 is 0 Å². The van der Waals surface area contributed by atoms with Crippen molar-refractivity contribution in [1.82, 2.24) is 5.32 Å². The van der Waals surface area contributed by atoms with Crippen molar-refractivity contribution in [2.24, 2.45) is 0 Å². The fourth-order valence-electron chi connectivity index (χ4n) is 1.03. The van der Waals surface area contributed by atoms with Crippen LogP contribution in [0, 0.1) is 0 Å². The molecule has 1 aromatic carbocycles. The topological polar surface area (TPSA) is 12.0 Å². The van der Waals surface area contributed by atoms with Crippen molar-refractivity contribution in [3.63, 3.8) is 0 Å². The zero-order valence-corrected chi connectivity index (χ0v) is 9.88. The van der Waals surface area contributed by atoms with Crippen LogP contribution in [0.3, 0.4) is 0 Å².